The van der Waals surface area contributed by atoms with Gasteiger partial charge in [0, 0.05) is 0 Å². The van der Waals surface area contributed by atoms with Gasteiger partial charge in [-0.1, -0.05) is 57.7 Å². The lowest BCUT2D eigenvalue weighted by Gasteiger charge is -2.38. The summed E-state index contributed by atoms with van der Waals surface area (Å²) in [7, 11) is 0. The Kier molecular flexibility index (Phi) is 11.2. The molecule has 0 aromatic heterocycles. The van der Waals surface area contributed by atoms with Gasteiger partial charge in [0.15, 0.2) is 11.6 Å². The van der Waals surface area contributed by atoms with Crippen LogP contribution in [0, 0.1) is 29.4 Å². The first kappa shape index (κ1) is 26.2. The van der Waals surface area contributed by atoms with Crippen molar-refractivity contribution in [2.24, 2.45) is 17.8 Å². The Bertz CT molecular complexity index is 712. The highest BCUT2D eigenvalue weighted by Gasteiger charge is 2.32. The van der Waals surface area contributed by atoms with Gasteiger partial charge in [-0.25, -0.2) is 4.39 Å². The quantitative estimate of drug-likeness (QED) is 0.223. The number of ether oxygens (including phenoxy) is 1. The summed E-state index contributed by atoms with van der Waals surface area (Å²) in [6, 6.07) is 3.44. The molecule has 0 aliphatic heterocycles. The fourth-order valence-corrected chi connectivity index (χ4v) is 6.11. The average Bonchev–Trinajstić information content (AvgIpc) is 2.85. The zero-order chi connectivity index (χ0) is 23.5. The third-order valence-electron chi connectivity index (χ3n) is 8.22. The fraction of sp³-hybridized carbons (Fsp3) is 0.733. The fourth-order valence-electron chi connectivity index (χ4n) is 6.11. The van der Waals surface area contributed by atoms with E-state index in [0.717, 1.165) is 62.7 Å². The van der Waals surface area contributed by atoms with Crippen molar-refractivity contribution in [3.63, 3.8) is 0 Å². The molecule has 3 rings (SSSR count). The maximum Gasteiger partial charge on any atom is 0.200 e. The van der Waals surface area contributed by atoms with Gasteiger partial charge >= 0.3 is 0 Å². The van der Waals surface area contributed by atoms with E-state index in [0.29, 0.717) is 12.2 Å². The van der Waals surface area contributed by atoms with E-state index in [-0.39, 0.29) is 11.7 Å². The van der Waals surface area contributed by atoms with Gasteiger partial charge in [-0.2, -0.15) is 4.39 Å². The normalized spacial score (nSPS) is 26.1. The number of allylic oxidation sites excluding steroid dienone is 2. The predicted octanol–water partition coefficient (Wildman–Crippen LogP) is 9.75. The molecule has 0 heterocycles. The van der Waals surface area contributed by atoms with Crippen LogP contribution in [0.3, 0.4) is 0 Å². The molecule has 2 aliphatic rings. The minimum Gasteiger partial charge on any atom is -0.490 e. The molecule has 0 unspecified atom stereocenters. The lowest BCUT2D eigenvalue weighted by molar-refractivity contribution is 0.160. The first-order valence-corrected chi connectivity index (χ1v) is 13.9. The molecule has 1 aromatic rings. The molecule has 0 N–H and O–H groups in total. The largest absolute Gasteiger partial charge is 0.490 e. The third-order valence-corrected chi connectivity index (χ3v) is 8.22. The first-order chi connectivity index (χ1) is 16.1. The molecule has 2 saturated carbocycles. The third kappa shape index (κ3) is 7.82. The Morgan fingerprint density at radius 1 is 0.788 bits per heavy atom. The van der Waals surface area contributed by atoms with Crippen LogP contribution in [-0.2, 0) is 0 Å². The summed E-state index contributed by atoms with van der Waals surface area (Å²) in [6.07, 6.45) is 22.3. The average molecular weight is 461 g/mol. The molecule has 1 nitrogen and oxygen atoms in total. The molecule has 0 spiro atoms. The van der Waals surface area contributed by atoms with Gasteiger partial charge in [-0.15, -0.1) is 0 Å². The van der Waals surface area contributed by atoms with Crippen LogP contribution in [0.25, 0.3) is 0 Å². The van der Waals surface area contributed by atoms with Crippen molar-refractivity contribution < 1.29 is 13.5 Å². The molecule has 1 aromatic carbocycles. The van der Waals surface area contributed by atoms with Crippen LogP contribution in [0.15, 0.2) is 24.3 Å². The van der Waals surface area contributed by atoms with Crippen LogP contribution in [0.1, 0.15) is 122 Å². The number of halogens is 2. The van der Waals surface area contributed by atoms with E-state index in [9.17, 15) is 8.78 Å². The van der Waals surface area contributed by atoms with Crippen LogP contribution in [0.4, 0.5) is 8.78 Å². The van der Waals surface area contributed by atoms with E-state index in [1.807, 2.05) is 0 Å². The molecule has 0 radical (unpaired) electrons. The standard InChI is InChI=1S/C30H46F2O/c1-3-5-7-8-10-22-33-28-21-20-27(29(31)30(28)32)26-18-16-25(17-19-26)24-14-12-23(13-15-24)11-9-6-4-2/h6,9,20-21,23-26H,3-5,7-8,10-19,22H2,1-2H3/b9-6-. The summed E-state index contributed by atoms with van der Waals surface area (Å²) < 4.78 is 35.1. The second-order valence-corrected chi connectivity index (χ2v) is 10.6. The van der Waals surface area contributed by atoms with E-state index < -0.39 is 11.6 Å². The van der Waals surface area contributed by atoms with Crippen LogP contribution in [0.2, 0.25) is 0 Å². The van der Waals surface area contributed by atoms with Crippen LogP contribution >= 0.6 is 0 Å². The van der Waals surface area contributed by atoms with E-state index >= 15 is 0 Å². The zero-order valence-electron chi connectivity index (χ0n) is 21.1. The Morgan fingerprint density at radius 2 is 1.45 bits per heavy atom. The van der Waals surface area contributed by atoms with Gasteiger partial charge in [0.2, 0.25) is 5.82 Å². The van der Waals surface area contributed by atoms with Gasteiger partial charge < -0.3 is 4.74 Å². The first-order valence-electron chi connectivity index (χ1n) is 13.9. The Labute approximate surface area is 201 Å². The topological polar surface area (TPSA) is 9.23 Å². The summed E-state index contributed by atoms with van der Waals surface area (Å²) in [6.45, 7) is 4.84. The van der Waals surface area contributed by atoms with Crippen molar-refractivity contribution in [3.05, 3.63) is 41.5 Å². The van der Waals surface area contributed by atoms with Crippen LogP contribution in [0.5, 0.6) is 5.75 Å². The number of rotatable bonds is 12. The second kappa shape index (κ2) is 14.1. The van der Waals surface area contributed by atoms with E-state index in [2.05, 4.69) is 26.0 Å². The van der Waals surface area contributed by atoms with Crippen molar-refractivity contribution in [2.45, 2.75) is 116 Å². The predicted molar refractivity (Wildman–Crippen MR) is 135 cm³/mol. The van der Waals surface area contributed by atoms with Gasteiger partial charge in [-0.05, 0) is 106 Å². The summed E-state index contributed by atoms with van der Waals surface area (Å²) in [5, 5.41) is 0. The minimum atomic E-state index is -0.793. The summed E-state index contributed by atoms with van der Waals surface area (Å²) in [5.74, 6) is 1.24. The van der Waals surface area contributed by atoms with E-state index in [4.69, 9.17) is 4.74 Å². The number of hydrogen-bond acceptors (Lipinski definition) is 1. The highest BCUT2D eigenvalue weighted by molar-refractivity contribution is 5.33. The van der Waals surface area contributed by atoms with Crippen molar-refractivity contribution in [2.75, 3.05) is 6.61 Å². The molecule has 186 valence electrons. The summed E-state index contributed by atoms with van der Waals surface area (Å²) >= 11 is 0. The van der Waals surface area contributed by atoms with Gasteiger partial charge in [0.25, 0.3) is 0 Å². The van der Waals surface area contributed by atoms with Crippen molar-refractivity contribution in [3.8, 4) is 5.75 Å². The maximum absolute atomic E-state index is 14.9. The Morgan fingerprint density at radius 3 is 2.12 bits per heavy atom. The molecule has 0 amide bonds. The molecule has 0 saturated heterocycles. The van der Waals surface area contributed by atoms with Crippen LogP contribution in [-0.4, -0.2) is 6.61 Å². The molecule has 2 fully saturated rings. The van der Waals surface area contributed by atoms with Crippen LogP contribution < -0.4 is 4.74 Å². The second-order valence-electron chi connectivity index (χ2n) is 10.6. The lowest BCUT2D eigenvalue weighted by Crippen LogP contribution is -2.25. The van der Waals surface area contributed by atoms with Crippen molar-refractivity contribution in [1.29, 1.82) is 0 Å². The molecule has 3 heteroatoms. The monoisotopic (exact) mass is 460 g/mol. The number of benzene rings is 1. The summed E-state index contributed by atoms with van der Waals surface area (Å²) in [4.78, 5) is 0. The van der Waals surface area contributed by atoms with Gasteiger partial charge in [-0.3, -0.25) is 0 Å². The Balaban J connectivity index is 1.44. The SMILES string of the molecule is CC/C=C\CC1CCC(C2CCC(c3ccc(OCCCCCCC)c(F)c3F)CC2)CC1. The van der Waals surface area contributed by atoms with Gasteiger partial charge in [0.1, 0.15) is 0 Å². The Hall–Kier alpha value is -1.38. The molecule has 0 atom stereocenters. The molecular formula is C30H46F2O. The minimum absolute atomic E-state index is 0.0750. The molecule has 0 bridgehead atoms. The highest BCUT2D eigenvalue weighted by atomic mass is 19.2. The maximum atomic E-state index is 14.9. The summed E-state index contributed by atoms with van der Waals surface area (Å²) in [5.41, 5.74) is 0.563. The van der Waals surface area contributed by atoms with E-state index in [1.165, 1.54) is 51.4 Å². The zero-order valence-corrected chi connectivity index (χ0v) is 21.1. The molecular weight excluding hydrogens is 414 g/mol. The van der Waals surface area contributed by atoms with E-state index in [1.54, 1.807) is 12.1 Å². The number of unbranched alkanes of at least 4 members (excludes halogenated alkanes) is 4. The smallest absolute Gasteiger partial charge is 0.200 e. The van der Waals surface area contributed by atoms with Gasteiger partial charge in [0.05, 0.1) is 6.61 Å². The molecule has 2 aliphatic carbocycles. The molecule has 33 heavy (non-hydrogen) atoms. The van der Waals surface area contributed by atoms with Crippen molar-refractivity contribution in [1.82, 2.24) is 0 Å². The lowest BCUT2D eigenvalue weighted by atomic mass is 9.68. The van der Waals surface area contributed by atoms with Crippen molar-refractivity contribution >= 4 is 0 Å². The highest BCUT2D eigenvalue weighted by Crippen LogP contribution is 2.45. The number of hydrogen-bond donors (Lipinski definition) is 0.